The van der Waals surface area contributed by atoms with Gasteiger partial charge in [-0.1, -0.05) is 0 Å². The van der Waals surface area contributed by atoms with Crippen molar-refractivity contribution in [2.24, 2.45) is 0 Å². The molecule has 0 bridgehead atoms. The van der Waals surface area contributed by atoms with Gasteiger partial charge in [-0.15, -0.1) is 0 Å². The van der Waals surface area contributed by atoms with Gasteiger partial charge in [-0.2, -0.15) is 0 Å². The summed E-state index contributed by atoms with van der Waals surface area (Å²) in [7, 11) is 0. The second-order valence-electron chi connectivity index (χ2n) is 0. The van der Waals surface area contributed by atoms with Crippen molar-refractivity contribution in [1.29, 1.82) is 0 Å². The molecular weight excluding hydrogens is 131 g/mol. The van der Waals surface area contributed by atoms with Gasteiger partial charge < -0.3 is 0 Å². The fourth-order valence-electron chi connectivity index (χ4n) is 0. The van der Waals surface area contributed by atoms with E-state index in [1.54, 1.807) is 0 Å². The molecule has 0 aromatic rings. The van der Waals surface area contributed by atoms with Crippen LogP contribution < -0.4 is 0 Å². The molecule has 0 rings (SSSR count). The summed E-state index contributed by atoms with van der Waals surface area (Å²) in [6.45, 7) is 0. The maximum absolute atomic E-state index is 0. The first kappa shape index (κ1) is 30.5. The monoisotopic (exact) mass is 138 g/mol. The minimum atomic E-state index is 0. The SMILES string of the molecule is B.[CaH2].[Fe].[MgH2]. The molecule has 0 atom stereocenters. The van der Waals surface area contributed by atoms with Crippen LogP contribution in [0.4, 0.5) is 0 Å². The van der Waals surface area contributed by atoms with Crippen molar-refractivity contribution >= 4 is 69.2 Å². The van der Waals surface area contributed by atoms with Crippen LogP contribution in [0.3, 0.4) is 0 Å². The van der Waals surface area contributed by atoms with Crippen LogP contribution in [0, 0.1) is 0 Å². The third-order valence-electron chi connectivity index (χ3n) is 0. The number of rotatable bonds is 0. The second-order valence-corrected chi connectivity index (χ2v) is 0. The third-order valence-corrected chi connectivity index (χ3v) is 0. The summed E-state index contributed by atoms with van der Waals surface area (Å²) in [6.07, 6.45) is 0. The summed E-state index contributed by atoms with van der Waals surface area (Å²) >= 11 is 0. The van der Waals surface area contributed by atoms with E-state index in [1.165, 1.54) is 0 Å². The van der Waals surface area contributed by atoms with E-state index < -0.39 is 0 Å². The van der Waals surface area contributed by atoms with E-state index in [-0.39, 0.29) is 86.3 Å². The molecule has 22 valence electrons. The topological polar surface area (TPSA) is 0 Å². The van der Waals surface area contributed by atoms with Gasteiger partial charge in [0.25, 0.3) is 0 Å². The van der Waals surface area contributed by atoms with Gasteiger partial charge in [0.1, 0.15) is 0 Å². The van der Waals surface area contributed by atoms with Crippen molar-refractivity contribution in [3.63, 3.8) is 0 Å². The molecule has 0 spiro atoms. The van der Waals surface area contributed by atoms with Crippen molar-refractivity contribution < 1.29 is 17.1 Å². The molecule has 0 amide bonds. The molecule has 0 radical (unpaired) electrons. The quantitative estimate of drug-likeness (QED) is 0.313. The summed E-state index contributed by atoms with van der Waals surface area (Å²) in [5.74, 6) is 0. The summed E-state index contributed by atoms with van der Waals surface area (Å²) in [4.78, 5) is 0. The predicted octanol–water partition coefficient (Wildman–Crippen LogP) is -3.02. The van der Waals surface area contributed by atoms with E-state index in [2.05, 4.69) is 0 Å². The van der Waals surface area contributed by atoms with Crippen molar-refractivity contribution in [2.45, 2.75) is 0 Å². The van der Waals surface area contributed by atoms with E-state index in [0.29, 0.717) is 0 Å². The molecule has 4 heavy (non-hydrogen) atoms. The van der Waals surface area contributed by atoms with Gasteiger partial charge in [0.05, 0.1) is 8.41 Å². The van der Waals surface area contributed by atoms with E-state index in [9.17, 15) is 0 Å². The first-order valence-electron chi connectivity index (χ1n) is 0. The molecule has 0 aromatic carbocycles. The van der Waals surface area contributed by atoms with Crippen molar-refractivity contribution in [3.8, 4) is 0 Å². The molecule has 4 heteroatoms. The Morgan fingerprint density at radius 1 is 1.00 bits per heavy atom. The van der Waals surface area contributed by atoms with Crippen LogP contribution in [0.15, 0.2) is 0 Å². The van der Waals surface area contributed by atoms with Crippen LogP contribution in [0.5, 0.6) is 0 Å². The molecule has 0 nitrogen and oxygen atoms in total. The summed E-state index contributed by atoms with van der Waals surface area (Å²) < 4.78 is 0. The number of hydrogen-bond acceptors (Lipinski definition) is 0. The molecule has 0 heterocycles. The Bertz CT molecular complexity index is 8.00. The molecule has 0 aromatic heterocycles. The van der Waals surface area contributed by atoms with Crippen molar-refractivity contribution in [1.82, 2.24) is 0 Å². The third kappa shape index (κ3) is 8.82. The van der Waals surface area contributed by atoms with E-state index in [1.807, 2.05) is 0 Å². The zero-order chi connectivity index (χ0) is 0. The Balaban J connectivity index is 0. The molecule has 0 aliphatic carbocycles. The Morgan fingerprint density at radius 2 is 1.00 bits per heavy atom. The molecule has 0 fully saturated rings. The van der Waals surface area contributed by atoms with Crippen molar-refractivity contribution in [2.75, 3.05) is 0 Å². The van der Waals surface area contributed by atoms with Gasteiger partial charge in [-0.25, -0.2) is 0 Å². The van der Waals surface area contributed by atoms with E-state index in [4.69, 9.17) is 0 Å². The maximum Gasteiger partial charge on any atom is 0.316 e. The van der Waals surface area contributed by atoms with Crippen LogP contribution >= 0.6 is 0 Å². The van der Waals surface area contributed by atoms with Gasteiger partial charge in [-0.3, -0.25) is 0 Å². The summed E-state index contributed by atoms with van der Waals surface area (Å²) in [6, 6.07) is 0. The average Bonchev–Trinajstić information content (AvgIpc) is 0. The molecule has 0 aliphatic heterocycles. The minimum absolute atomic E-state index is 0. The zero-order valence-corrected chi connectivity index (χ0v) is 1.46. The van der Waals surface area contributed by atoms with Crippen molar-refractivity contribution in [3.05, 3.63) is 0 Å². The van der Waals surface area contributed by atoms with Crippen LogP contribution in [-0.2, 0) is 17.1 Å². The van der Waals surface area contributed by atoms with Crippen LogP contribution in [0.2, 0.25) is 0 Å². The molecule has 0 saturated heterocycles. The molecule has 0 unspecified atom stereocenters. The Kier molecular flexibility index (Phi) is 134. The van der Waals surface area contributed by atoms with Crippen LogP contribution in [0.25, 0.3) is 0 Å². The molecule has 0 aliphatic rings. The Morgan fingerprint density at radius 3 is 1.00 bits per heavy atom. The molecule has 0 saturated carbocycles. The predicted molar refractivity (Wildman–Crippen MR) is 27.0 cm³/mol. The molecule has 0 N–H and O–H groups in total. The smallest absolute Gasteiger partial charge is 0 e. The number of hydrogen-bond donors (Lipinski definition) is 0. The fourth-order valence-corrected chi connectivity index (χ4v) is 0. The standard InChI is InChI=1S/BH3.Ca.Fe.Mg.4H/h1H3;;;;;;;. The fraction of sp³-hybridized carbons (Fsp3) is 0. The second kappa shape index (κ2) is 17.5. The van der Waals surface area contributed by atoms with Gasteiger partial charge in [0.2, 0.25) is 0 Å². The van der Waals surface area contributed by atoms with Gasteiger partial charge >= 0.3 is 60.8 Å². The Hall–Kier alpha value is 2.61. The van der Waals surface area contributed by atoms with E-state index in [0.717, 1.165) is 0 Å². The molecular formula is H7BCaFeMg. The zero-order valence-electron chi connectivity index (χ0n) is 0.354. The maximum atomic E-state index is 0. The normalized spacial score (nSPS) is 0. The summed E-state index contributed by atoms with van der Waals surface area (Å²) in [5, 5.41) is 0. The van der Waals surface area contributed by atoms with Gasteiger partial charge in [-0.05, 0) is 0 Å². The van der Waals surface area contributed by atoms with Gasteiger partial charge in [0, 0.05) is 17.1 Å². The van der Waals surface area contributed by atoms with Crippen LogP contribution in [0.1, 0.15) is 0 Å². The van der Waals surface area contributed by atoms with E-state index >= 15 is 0 Å². The minimum Gasteiger partial charge on any atom is 0 e. The van der Waals surface area contributed by atoms with Gasteiger partial charge in [0.15, 0.2) is 0 Å². The summed E-state index contributed by atoms with van der Waals surface area (Å²) in [5.41, 5.74) is 0. The van der Waals surface area contributed by atoms with Crippen LogP contribution in [-0.4, -0.2) is 69.2 Å². The first-order chi connectivity index (χ1) is 0. The first-order valence-corrected chi connectivity index (χ1v) is 0. The average molecular weight is 138 g/mol. The Labute approximate surface area is 84.7 Å². The largest absolute Gasteiger partial charge is 0.316 e.